The van der Waals surface area contributed by atoms with Crippen LogP contribution in [-0.4, -0.2) is 23.3 Å². The van der Waals surface area contributed by atoms with Crippen molar-refractivity contribution >= 4 is 22.6 Å². The number of hydrogen-bond donors (Lipinski definition) is 0. The van der Waals surface area contributed by atoms with Crippen LogP contribution in [0.4, 0.5) is 0 Å². The number of fused-ring (bicyclic) bond motifs is 1. The minimum Gasteiger partial charge on any atom is -0.383 e. The van der Waals surface area contributed by atoms with Gasteiger partial charge in [0.2, 0.25) is 0 Å². The number of alkyl halides is 1. The molecule has 0 bridgehead atoms. The van der Waals surface area contributed by atoms with Crippen molar-refractivity contribution in [2.24, 2.45) is 0 Å². The summed E-state index contributed by atoms with van der Waals surface area (Å²) in [6.45, 7) is 3.38. The number of aromatic nitrogens is 2. The van der Waals surface area contributed by atoms with Gasteiger partial charge in [0.05, 0.1) is 23.0 Å². The molecule has 0 spiro atoms. The van der Waals surface area contributed by atoms with E-state index >= 15 is 0 Å². The molecular formula is C12H15ClN2O. The number of methoxy groups -OCH3 is 1. The number of nitrogens with zero attached hydrogens (tertiary/aromatic N) is 2. The Bertz CT molecular complexity index is 479. The van der Waals surface area contributed by atoms with Gasteiger partial charge in [-0.2, -0.15) is 0 Å². The Balaban J connectivity index is 2.51. The van der Waals surface area contributed by atoms with Crippen LogP contribution in [0.3, 0.4) is 0 Å². The largest absolute Gasteiger partial charge is 0.383 e. The lowest BCUT2D eigenvalue weighted by atomic mass is 10.3. The fraction of sp³-hybridized carbons (Fsp3) is 0.417. The van der Waals surface area contributed by atoms with E-state index in [9.17, 15) is 0 Å². The molecule has 16 heavy (non-hydrogen) atoms. The third kappa shape index (κ3) is 2.06. The van der Waals surface area contributed by atoms with Crippen molar-refractivity contribution in [3.05, 3.63) is 30.1 Å². The second-order valence-electron chi connectivity index (χ2n) is 3.72. The monoisotopic (exact) mass is 238 g/mol. The van der Waals surface area contributed by atoms with Crippen molar-refractivity contribution in [3.63, 3.8) is 0 Å². The molecule has 0 N–H and O–H groups in total. The average Bonchev–Trinajstić information content (AvgIpc) is 2.65. The predicted octanol–water partition coefficient (Wildman–Crippen LogP) is 2.98. The molecule has 86 valence electrons. The van der Waals surface area contributed by atoms with E-state index in [0.29, 0.717) is 6.61 Å². The van der Waals surface area contributed by atoms with Crippen LogP contribution in [-0.2, 0) is 11.3 Å². The molecule has 0 fully saturated rings. The molecule has 0 amide bonds. The van der Waals surface area contributed by atoms with E-state index in [1.807, 2.05) is 25.1 Å². The highest BCUT2D eigenvalue weighted by Crippen LogP contribution is 2.24. The molecule has 0 aliphatic carbocycles. The lowest BCUT2D eigenvalue weighted by molar-refractivity contribution is 0.187. The molecule has 1 aromatic carbocycles. The Morgan fingerprint density at radius 3 is 2.88 bits per heavy atom. The standard InChI is InChI=1S/C12H15ClN2O/c1-9(13)12-14-10-5-3-4-6-11(10)15(12)7-8-16-2/h3-6,9H,7-8H2,1-2H3. The summed E-state index contributed by atoms with van der Waals surface area (Å²) in [4.78, 5) is 4.54. The second-order valence-corrected chi connectivity index (χ2v) is 4.37. The molecule has 0 radical (unpaired) electrons. The van der Waals surface area contributed by atoms with Crippen LogP contribution in [0.15, 0.2) is 24.3 Å². The first-order chi connectivity index (χ1) is 7.74. The summed E-state index contributed by atoms with van der Waals surface area (Å²) in [5.41, 5.74) is 2.10. The molecular weight excluding hydrogens is 224 g/mol. The molecule has 3 nitrogen and oxygen atoms in total. The van der Waals surface area contributed by atoms with E-state index < -0.39 is 0 Å². The molecule has 0 aliphatic rings. The van der Waals surface area contributed by atoms with Gasteiger partial charge in [-0.05, 0) is 19.1 Å². The normalized spacial score (nSPS) is 13.2. The summed E-state index contributed by atoms with van der Waals surface area (Å²) < 4.78 is 7.23. The van der Waals surface area contributed by atoms with E-state index in [1.54, 1.807) is 7.11 Å². The van der Waals surface area contributed by atoms with Crippen LogP contribution in [0.25, 0.3) is 11.0 Å². The molecule has 0 aliphatic heterocycles. The van der Waals surface area contributed by atoms with Gasteiger partial charge in [-0.15, -0.1) is 11.6 Å². The van der Waals surface area contributed by atoms with Gasteiger partial charge in [0.1, 0.15) is 5.82 Å². The Labute approximate surface area is 100.0 Å². The molecule has 1 atom stereocenters. The van der Waals surface area contributed by atoms with Gasteiger partial charge in [0, 0.05) is 13.7 Å². The van der Waals surface area contributed by atoms with Crippen molar-refractivity contribution in [1.82, 2.24) is 9.55 Å². The number of ether oxygens (including phenoxy) is 1. The smallest absolute Gasteiger partial charge is 0.127 e. The fourth-order valence-corrected chi connectivity index (χ4v) is 1.98. The first-order valence-corrected chi connectivity index (χ1v) is 5.76. The lowest BCUT2D eigenvalue weighted by Crippen LogP contribution is -2.08. The van der Waals surface area contributed by atoms with E-state index in [1.165, 1.54) is 0 Å². The molecule has 1 aromatic heterocycles. The third-order valence-electron chi connectivity index (χ3n) is 2.56. The second kappa shape index (κ2) is 4.85. The SMILES string of the molecule is COCCn1c(C(C)Cl)nc2ccccc21. The van der Waals surface area contributed by atoms with Crippen molar-refractivity contribution < 1.29 is 4.74 Å². The number of imidazole rings is 1. The first-order valence-electron chi connectivity index (χ1n) is 5.32. The number of halogens is 1. The highest BCUT2D eigenvalue weighted by Gasteiger charge is 2.13. The zero-order valence-electron chi connectivity index (χ0n) is 9.48. The van der Waals surface area contributed by atoms with Crippen LogP contribution in [0.2, 0.25) is 0 Å². The molecule has 4 heteroatoms. The maximum Gasteiger partial charge on any atom is 0.127 e. The number of para-hydroxylation sites is 2. The zero-order chi connectivity index (χ0) is 11.5. The first kappa shape index (κ1) is 11.4. The fourth-order valence-electron chi connectivity index (χ4n) is 1.82. The van der Waals surface area contributed by atoms with Crippen molar-refractivity contribution in [2.75, 3.05) is 13.7 Å². The Morgan fingerprint density at radius 1 is 1.44 bits per heavy atom. The van der Waals surface area contributed by atoms with Crippen LogP contribution >= 0.6 is 11.6 Å². The third-order valence-corrected chi connectivity index (χ3v) is 2.75. The number of hydrogen-bond acceptors (Lipinski definition) is 2. The summed E-state index contributed by atoms with van der Waals surface area (Å²) in [5, 5.41) is -0.0933. The van der Waals surface area contributed by atoms with Gasteiger partial charge in [0.25, 0.3) is 0 Å². The molecule has 0 saturated heterocycles. The van der Waals surface area contributed by atoms with E-state index in [2.05, 4.69) is 15.6 Å². The molecule has 1 heterocycles. The quantitative estimate of drug-likeness (QED) is 0.766. The summed E-state index contributed by atoms with van der Waals surface area (Å²) in [6.07, 6.45) is 0. The summed E-state index contributed by atoms with van der Waals surface area (Å²) >= 11 is 6.13. The number of benzene rings is 1. The highest BCUT2D eigenvalue weighted by atomic mass is 35.5. The summed E-state index contributed by atoms with van der Waals surface area (Å²) in [7, 11) is 1.70. The van der Waals surface area contributed by atoms with Gasteiger partial charge in [-0.25, -0.2) is 4.98 Å². The summed E-state index contributed by atoms with van der Waals surface area (Å²) in [5.74, 6) is 0.903. The van der Waals surface area contributed by atoms with Crippen molar-refractivity contribution in [3.8, 4) is 0 Å². The predicted molar refractivity (Wildman–Crippen MR) is 65.9 cm³/mol. The Hall–Kier alpha value is -1.06. The topological polar surface area (TPSA) is 27.1 Å². The molecule has 0 saturated carbocycles. The molecule has 2 rings (SSSR count). The van der Waals surface area contributed by atoms with Gasteiger partial charge >= 0.3 is 0 Å². The zero-order valence-corrected chi connectivity index (χ0v) is 10.2. The maximum atomic E-state index is 6.13. The van der Waals surface area contributed by atoms with E-state index in [-0.39, 0.29) is 5.38 Å². The van der Waals surface area contributed by atoms with Crippen LogP contribution in [0, 0.1) is 0 Å². The van der Waals surface area contributed by atoms with Crippen molar-refractivity contribution in [2.45, 2.75) is 18.8 Å². The van der Waals surface area contributed by atoms with Crippen LogP contribution < -0.4 is 0 Å². The minimum absolute atomic E-state index is 0.0933. The van der Waals surface area contributed by atoms with Crippen molar-refractivity contribution in [1.29, 1.82) is 0 Å². The average molecular weight is 239 g/mol. The summed E-state index contributed by atoms with van der Waals surface area (Å²) in [6, 6.07) is 8.05. The van der Waals surface area contributed by atoms with Gasteiger partial charge in [-0.3, -0.25) is 0 Å². The lowest BCUT2D eigenvalue weighted by Gasteiger charge is -2.09. The molecule has 1 unspecified atom stereocenters. The highest BCUT2D eigenvalue weighted by molar-refractivity contribution is 6.20. The van der Waals surface area contributed by atoms with Crippen LogP contribution in [0.1, 0.15) is 18.1 Å². The molecule has 2 aromatic rings. The van der Waals surface area contributed by atoms with Crippen LogP contribution in [0.5, 0.6) is 0 Å². The van der Waals surface area contributed by atoms with E-state index in [4.69, 9.17) is 16.3 Å². The Kier molecular flexibility index (Phi) is 3.46. The number of rotatable bonds is 4. The van der Waals surface area contributed by atoms with Gasteiger partial charge in [-0.1, -0.05) is 12.1 Å². The van der Waals surface area contributed by atoms with Gasteiger partial charge in [0.15, 0.2) is 0 Å². The van der Waals surface area contributed by atoms with Gasteiger partial charge < -0.3 is 9.30 Å². The van der Waals surface area contributed by atoms with E-state index in [0.717, 1.165) is 23.4 Å². The Morgan fingerprint density at radius 2 is 2.19 bits per heavy atom. The minimum atomic E-state index is -0.0933. The maximum absolute atomic E-state index is 6.13.